The SMILES string of the molecule is O=C1N[C@@H]2C[C@@H]2N1C(=O)OCc1ccccc1. The second kappa shape index (κ2) is 3.76. The topological polar surface area (TPSA) is 58.6 Å². The summed E-state index contributed by atoms with van der Waals surface area (Å²) in [6, 6.07) is 9.20. The minimum atomic E-state index is -0.559. The molecule has 1 N–H and O–H groups in total. The normalized spacial score (nSPS) is 25.2. The Hall–Kier alpha value is -2.04. The van der Waals surface area contributed by atoms with E-state index in [9.17, 15) is 9.59 Å². The summed E-state index contributed by atoms with van der Waals surface area (Å²) in [5.41, 5.74) is 0.910. The second-order valence-corrected chi connectivity index (χ2v) is 4.27. The Balaban J connectivity index is 1.59. The number of ether oxygens (including phenoxy) is 1. The molecular formula is C12H12N2O3. The zero-order valence-electron chi connectivity index (χ0n) is 9.13. The monoisotopic (exact) mass is 232 g/mol. The van der Waals surface area contributed by atoms with Gasteiger partial charge in [0.15, 0.2) is 0 Å². The van der Waals surface area contributed by atoms with Crippen LogP contribution in [0.5, 0.6) is 0 Å². The number of carbonyl (C=O) groups excluding carboxylic acids is 2. The zero-order valence-corrected chi connectivity index (χ0v) is 9.13. The molecule has 1 saturated carbocycles. The van der Waals surface area contributed by atoms with Crippen LogP contribution in [0.15, 0.2) is 30.3 Å². The van der Waals surface area contributed by atoms with E-state index >= 15 is 0 Å². The average Bonchev–Trinajstić information content (AvgIpc) is 3.00. The van der Waals surface area contributed by atoms with Gasteiger partial charge in [-0.1, -0.05) is 30.3 Å². The van der Waals surface area contributed by atoms with E-state index in [2.05, 4.69) is 5.32 Å². The van der Waals surface area contributed by atoms with Crippen LogP contribution in [0.1, 0.15) is 12.0 Å². The summed E-state index contributed by atoms with van der Waals surface area (Å²) in [6.45, 7) is 0.195. The minimum Gasteiger partial charge on any atom is -0.444 e. The average molecular weight is 232 g/mol. The van der Waals surface area contributed by atoms with Crippen LogP contribution < -0.4 is 5.32 Å². The predicted octanol–water partition coefficient (Wildman–Crippen LogP) is 1.49. The summed E-state index contributed by atoms with van der Waals surface area (Å²) in [5.74, 6) is 0. The molecule has 1 heterocycles. The highest BCUT2D eigenvalue weighted by atomic mass is 16.6. The number of rotatable bonds is 2. The third kappa shape index (κ3) is 1.84. The van der Waals surface area contributed by atoms with E-state index < -0.39 is 6.09 Å². The molecular weight excluding hydrogens is 220 g/mol. The lowest BCUT2D eigenvalue weighted by Crippen LogP contribution is -2.38. The second-order valence-electron chi connectivity index (χ2n) is 4.27. The molecule has 1 saturated heterocycles. The fourth-order valence-corrected chi connectivity index (χ4v) is 2.01. The van der Waals surface area contributed by atoms with Gasteiger partial charge in [0.25, 0.3) is 0 Å². The number of benzene rings is 1. The van der Waals surface area contributed by atoms with Crippen molar-refractivity contribution < 1.29 is 14.3 Å². The van der Waals surface area contributed by atoms with Crippen LogP contribution in [0.2, 0.25) is 0 Å². The summed E-state index contributed by atoms with van der Waals surface area (Å²) in [6.07, 6.45) is 0.281. The number of imide groups is 1. The fraction of sp³-hybridized carbons (Fsp3) is 0.333. The number of amides is 3. The summed E-state index contributed by atoms with van der Waals surface area (Å²) in [7, 11) is 0. The molecule has 3 rings (SSSR count). The van der Waals surface area contributed by atoms with E-state index in [-0.39, 0.29) is 24.7 Å². The predicted molar refractivity (Wildman–Crippen MR) is 59.2 cm³/mol. The molecule has 2 aliphatic rings. The fourth-order valence-electron chi connectivity index (χ4n) is 2.01. The van der Waals surface area contributed by atoms with Crippen LogP contribution in [0.3, 0.4) is 0 Å². The van der Waals surface area contributed by atoms with Crippen molar-refractivity contribution in [2.24, 2.45) is 0 Å². The molecule has 1 aromatic carbocycles. The standard InChI is InChI=1S/C12H12N2O3/c15-11-13-9-6-10(9)14(11)12(16)17-7-8-4-2-1-3-5-8/h1-5,9-10H,6-7H2,(H,13,15)/t9-,10+/m1/s1. The number of urea groups is 1. The maximum atomic E-state index is 11.7. The van der Waals surface area contributed by atoms with Crippen molar-refractivity contribution in [3.63, 3.8) is 0 Å². The Bertz CT molecular complexity index is 460. The number of carbonyl (C=O) groups is 2. The van der Waals surface area contributed by atoms with Crippen molar-refractivity contribution in [2.75, 3.05) is 0 Å². The molecule has 0 radical (unpaired) electrons. The van der Waals surface area contributed by atoms with Crippen molar-refractivity contribution in [2.45, 2.75) is 25.1 Å². The van der Waals surface area contributed by atoms with Crippen molar-refractivity contribution in [1.29, 1.82) is 0 Å². The lowest BCUT2D eigenvalue weighted by molar-refractivity contribution is 0.106. The first-order valence-corrected chi connectivity index (χ1v) is 5.56. The lowest BCUT2D eigenvalue weighted by Gasteiger charge is -2.15. The highest BCUT2D eigenvalue weighted by Gasteiger charge is 2.54. The van der Waals surface area contributed by atoms with E-state index in [1.807, 2.05) is 30.3 Å². The van der Waals surface area contributed by atoms with E-state index in [1.165, 1.54) is 4.90 Å². The molecule has 2 fully saturated rings. The number of hydrogen-bond donors (Lipinski definition) is 1. The van der Waals surface area contributed by atoms with Crippen molar-refractivity contribution in [3.8, 4) is 0 Å². The van der Waals surface area contributed by atoms with Gasteiger partial charge in [-0.15, -0.1) is 0 Å². The van der Waals surface area contributed by atoms with Crippen LogP contribution in [0, 0.1) is 0 Å². The molecule has 2 atom stereocenters. The van der Waals surface area contributed by atoms with Gasteiger partial charge in [0.1, 0.15) is 6.61 Å². The van der Waals surface area contributed by atoms with Gasteiger partial charge in [-0.3, -0.25) is 0 Å². The first-order valence-electron chi connectivity index (χ1n) is 5.56. The van der Waals surface area contributed by atoms with E-state index in [0.29, 0.717) is 0 Å². The molecule has 0 unspecified atom stereocenters. The highest BCUT2D eigenvalue weighted by Crippen LogP contribution is 2.34. The van der Waals surface area contributed by atoms with Crippen molar-refractivity contribution in [3.05, 3.63) is 35.9 Å². The number of nitrogens with one attached hydrogen (secondary N) is 1. The third-order valence-corrected chi connectivity index (χ3v) is 3.02. The van der Waals surface area contributed by atoms with Crippen LogP contribution in [0.25, 0.3) is 0 Å². The Morgan fingerprint density at radius 1 is 1.41 bits per heavy atom. The summed E-state index contributed by atoms with van der Waals surface area (Å²) < 4.78 is 5.11. The Morgan fingerprint density at radius 2 is 2.18 bits per heavy atom. The van der Waals surface area contributed by atoms with Gasteiger partial charge < -0.3 is 10.1 Å². The summed E-state index contributed by atoms with van der Waals surface area (Å²) >= 11 is 0. The lowest BCUT2D eigenvalue weighted by atomic mass is 10.2. The number of hydrogen-bond acceptors (Lipinski definition) is 3. The van der Waals surface area contributed by atoms with E-state index in [0.717, 1.165) is 12.0 Å². The van der Waals surface area contributed by atoms with Gasteiger partial charge in [0.2, 0.25) is 0 Å². The molecule has 0 bridgehead atoms. The van der Waals surface area contributed by atoms with Crippen LogP contribution in [-0.2, 0) is 11.3 Å². The molecule has 88 valence electrons. The minimum absolute atomic E-state index is 0.00535. The van der Waals surface area contributed by atoms with Crippen LogP contribution >= 0.6 is 0 Å². The third-order valence-electron chi connectivity index (χ3n) is 3.02. The maximum absolute atomic E-state index is 11.7. The molecule has 5 heteroatoms. The molecule has 0 aromatic heterocycles. The first-order chi connectivity index (χ1) is 8.25. The van der Waals surface area contributed by atoms with Gasteiger partial charge in [0, 0.05) is 0 Å². The molecule has 1 aromatic rings. The number of fused-ring (bicyclic) bond motifs is 1. The largest absolute Gasteiger partial charge is 0.444 e. The highest BCUT2D eigenvalue weighted by molar-refractivity contribution is 5.94. The molecule has 1 aliphatic heterocycles. The zero-order chi connectivity index (χ0) is 11.8. The quantitative estimate of drug-likeness (QED) is 0.840. The van der Waals surface area contributed by atoms with Crippen molar-refractivity contribution in [1.82, 2.24) is 10.2 Å². The van der Waals surface area contributed by atoms with Gasteiger partial charge in [0.05, 0.1) is 12.1 Å². The van der Waals surface area contributed by atoms with Gasteiger partial charge in [-0.05, 0) is 12.0 Å². The first kappa shape index (κ1) is 10.1. The van der Waals surface area contributed by atoms with E-state index in [4.69, 9.17) is 4.74 Å². The molecule has 5 nitrogen and oxygen atoms in total. The Kier molecular flexibility index (Phi) is 2.24. The van der Waals surface area contributed by atoms with Crippen LogP contribution in [-0.4, -0.2) is 29.1 Å². The van der Waals surface area contributed by atoms with Gasteiger partial charge in [-0.2, -0.15) is 0 Å². The van der Waals surface area contributed by atoms with Crippen molar-refractivity contribution >= 4 is 12.1 Å². The number of nitrogens with zero attached hydrogens (tertiary/aromatic N) is 1. The molecule has 1 aliphatic carbocycles. The molecule has 3 amide bonds. The Morgan fingerprint density at radius 3 is 2.82 bits per heavy atom. The molecule has 0 spiro atoms. The summed E-state index contributed by atoms with van der Waals surface area (Å²) in [5, 5.41) is 2.71. The molecule has 17 heavy (non-hydrogen) atoms. The maximum Gasteiger partial charge on any atom is 0.418 e. The summed E-state index contributed by atoms with van der Waals surface area (Å²) in [4.78, 5) is 24.3. The smallest absolute Gasteiger partial charge is 0.418 e. The van der Waals surface area contributed by atoms with Crippen LogP contribution in [0.4, 0.5) is 9.59 Å². The van der Waals surface area contributed by atoms with E-state index in [1.54, 1.807) is 0 Å². The van der Waals surface area contributed by atoms with Gasteiger partial charge in [-0.25, -0.2) is 14.5 Å². The van der Waals surface area contributed by atoms with Gasteiger partial charge >= 0.3 is 12.1 Å². The Labute approximate surface area is 98.4 Å².